The van der Waals surface area contributed by atoms with Gasteiger partial charge in [0.05, 0.1) is 16.0 Å². The van der Waals surface area contributed by atoms with Crippen LogP contribution in [0.15, 0.2) is 77.7 Å². The number of hydrogen-bond donors (Lipinski definition) is 0. The van der Waals surface area contributed by atoms with E-state index in [9.17, 15) is 0 Å². The van der Waals surface area contributed by atoms with Gasteiger partial charge in [-0.1, -0.05) is 54.1 Å². The Kier molecular flexibility index (Phi) is 3.73. The molecule has 0 saturated carbocycles. The first-order chi connectivity index (χ1) is 12.8. The van der Waals surface area contributed by atoms with E-state index in [1.807, 2.05) is 11.3 Å². The first-order valence-electron chi connectivity index (χ1n) is 8.37. The number of nitrogens with zero attached hydrogens (tertiary/aromatic N) is 1. The highest BCUT2D eigenvalue weighted by atomic mass is 32.1. The van der Waals surface area contributed by atoms with E-state index in [1.54, 1.807) is 17.5 Å². The van der Waals surface area contributed by atoms with Gasteiger partial charge < -0.3 is 4.42 Å². The van der Waals surface area contributed by atoms with E-state index in [2.05, 4.69) is 72.6 Å². The molecule has 0 fully saturated rings. The Morgan fingerprint density at radius 1 is 0.769 bits per heavy atom. The molecular formula is C22H15NOS2. The van der Waals surface area contributed by atoms with Crippen molar-refractivity contribution in [3.05, 3.63) is 78.8 Å². The summed E-state index contributed by atoms with van der Waals surface area (Å²) in [5.74, 6) is 0.820. The van der Waals surface area contributed by atoms with Gasteiger partial charge in [0, 0.05) is 20.5 Å². The number of oxazole rings is 1. The van der Waals surface area contributed by atoms with Crippen LogP contribution in [0.25, 0.3) is 41.6 Å². The highest BCUT2D eigenvalue weighted by Crippen LogP contribution is 2.46. The normalized spacial score (nSPS) is 11.3. The van der Waals surface area contributed by atoms with Gasteiger partial charge in [-0.2, -0.15) is 0 Å². The third-order valence-electron chi connectivity index (χ3n) is 4.44. The lowest BCUT2D eigenvalue weighted by molar-refractivity contribution is 0.573. The van der Waals surface area contributed by atoms with Crippen LogP contribution in [0.4, 0.5) is 0 Å². The average molecular weight is 374 g/mol. The van der Waals surface area contributed by atoms with Gasteiger partial charge in [-0.15, -0.1) is 22.7 Å². The minimum atomic E-state index is 0.820. The minimum Gasteiger partial charge on any atom is -0.443 e. The molecule has 5 aromatic rings. The number of aryl methyl sites for hydroxylation is 1. The van der Waals surface area contributed by atoms with Crippen molar-refractivity contribution in [3.8, 4) is 30.8 Å². The van der Waals surface area contributed by atoms with Crippen LogP contribution in [0, 0.1) is 6.92 Å². The van der Waals surface area contributed by atoms with Crippen LogP contribution in [-0.2, 0) is 0 Å². The predicted molar refractivity (Wildman–Crippen MR) is 111 cm³/mol. The zero-order valence-electron chi connectivity index (χ0n) is 14.1. The number of benzene rings is 2. The van der Waals surface area contributed by atoms with E-state index in [1.165, 1.54) is 42.9 Å². The molecule has 2 nitrogen and oxygen atoms in total. The highest BCUT2D eigenvalue weighted by Gasteiger charge is 2.16. The molecule has 4 heteroatoms. The average Bonchev–Trinajstić information content (AvgIpc) is 3.41. The molecule has 26 heavy (non-hydrogen) atoms. The molecule has 0 unspecified atom stereocenters. The molecule has 3 heterocycles. The minimum absolute atomic E-state index is 0.820. The Morgan fingerprint density at radius 3 is 2.23 bits per heavy atom. The molecular weight excluding hydrogens is 358 g/mol. The highest BCUT2D eigenvalue weighted by molar-refractivity contribution is 7.26. The first kappa shape index (κ1) is 15.6. The summed E-state index contributed by atoms with van der Waals surface area (Å²) < 4.78 is 5.44. The van der Waals surface area contributed by atoms with Crippen molar-refractivity contribution in [1.29, 1.82) is 0 Å². The molecule has 0 aliphatic heterocycles. The fraction of sp³-hybridized carbons (Fsp3) is 0.0455. The van der Waals surface area contributed by atoms with Gasteiger partial charge in [-0.3, -0.25) is 0 Å². The summed E-state index contributed by atoms with van der Waals surface area (Å²) in [6.07, 6.45) is 3.24. The Balaban J connectivity index is 1.68. The van der Waals surface area contributed by atoms with Gasteiger partial charge in [0.2, 0.25) is 0 Å². The number of aromatic nitrogens is 1. The zero-order valence-corrected chi connectivity index (χ0v) is 15.7. The molecule has 5 rings (SSSR count). The SMILES string of the molecule is Cc1ccc(-c2sc(-c3ccc(-c4cnco4)s3)c3ccccc23)cc1. The third-order valence-corrected chi connectivity index (χ3v) is 6.99. The van der Waals surface area contributed by atoms with Crippen molar-refractivity contribution in [2.24, 2.45) is 0 Å². The van der Waals surface area contributed by atoms with Crippen LogP contribution in [-0.4, -0.2) is 4.98 Å². The van der Waals surface area contributed by atoms with Gasteiger partial charge in [0.15, 0.2) is 12.2 Å². The summed E-state index contributed by atoms with van der Waals surface area (Å²) in [6, 6.07) is 21.7. The van der Waals surface area contributed by atoms with E-state index in [4.69, 9.17) is 4.42 Å². The molecule has 0 bridgehead atoms. The second-order valence-electron chi connectivity index (χ2n) is 6.20. The van der Waals surface area contributed by atoms with Gasteiger partial charge in [0.1, 0.15) is 0 Å². The van der Waals surface area contributed by atoms with Crippen LogP contribution in [0.3, 0.4) is 0 Å². The van der Waals surface area contributed by atoms with Crippen molar-refractivity contribution < 1.29 is 4.42 Å². The third kappa shape index (κ3) is 2.59. The van der Waals surface area contributed by atoms with E-state index in [0.29, 0.717) is 0 Å². The molecule has 0 N–H and O–H groups in total. The van der Waals surface area contributed by atoms with E-state index >= 15 is 0 Å². The standard InChI is InChI=1S/C22H15NOS2/c1-14-6-8-15(9-7-14)21-16-4-2-3-5-17(16)22(26-21)20-11-10-19(25-20)18-12-23-13-24-18/h2-13H,1H3. The maximum atomic E-state index is 5.44. The molecule has 0 saturated heterocycles. The lowest BCUT2D eigenvalue weighted by Gasteiger charge is -1.99. The number of thiophene rings is 2. The molecule has 0 spiro atoms. The summed E-state index contributed by atoms with van der Waals surface area (Å²) in [7, 11) is 0. The predicted octanol–water partition coefficient (Wildman–Crippen LogP) is 7.26. The summed E-state index contributed by atoms with van der Waals surface area (Å²) in [6.45, 7) is 2.12. The molecule has 0 radical (unpaired) electrons. The molecule has 3 aromatic heterocycles. The monoisotopic (exact) mass is 373 g/mol. The fourth-order valence-corrected chi connectivity index (χ4v) is 5.49. The molecule has 0 amide bonds. The van der Waals surface area contributed by atoms with Gasteiger partial charge >= 0.3 is 0 Å². The lowest BCUT2D eigenvalue weighted by Crippen LogP contribution is -1.75. The second kappa shape index (κ2) is 6.24. The maximum Gasteiger partial charge on any atom is 0.181 e. The zero-order chi connectivity index (χ0) is 17.5. The Hall–Kier alpha value is -2.69. The lowest BCUT2D eigenvalue weighted by atomic mass is 10.1. The Bertz CT molecular complexity index is 1180. The molecule has 0 atom stereocenters. The molecule has 0 aliphatic carbocycles. The van der Waals surface area contributed by atoms with Crippen molar-refractivity contribution >= 4 is 33.4 Å². The van der Waals surface area contributed by atoms with Crippen molar-refractivity contribution in [1.82, 2.24) is 4.98 Å². The van der Waals surface area contributed by atoms with Crippen LogP contribution >= 0.6 is 22.7 Å². The summed E-state index contributed by atoms with van der Waals surface area (Å²) in [5, 5.41) is 2.62. The largest absolute Gasteiger partial charge is 0.443 e. The molecule has 2 aromatic carbocycles. The topological polar surface area (TPSA) is 26.0 Å². The number of rotatable bonds is 3. The Morgan fingerprint density at radius 2 is 1.50 bits per heavy atom. The number of fused-ring (bicyclic) bond motifs is 1. The maximum absolute atomic E-state index is 5.44. The van der Waals surface area contributed by atoms with Crippen LogP contribution < -0.4 is 0 Å². The molecule has 126 valence electrons. The van der Waals surface area contributed by atoms with Crippen LogP contribution in [0.1, 0.15) is 5.56 Å². The quantitative estimate of drug-likeness (QED) is 0.332. The van der Waals surface area contributed by atoms with Crippen LogP contribution in [0.2, 0.25) is 0 Å². The van der Waals surface area contributed by atoms with Crippen LogP contribution in [0.5, 0.6) is 0 Å². The fourth-order valence-electron chi connectivity index (χ4n) is 3.12. The smallest absolute Gasteiger partial charge is 0.181 e. The second-order valence-corrected chi connectivity index (χ2v) is 8.31. The first-order valence-corrected chi connectivity index (χ1v) is 10.0. The van der Waals surface area contributed by atoms with E-state index < -0.39 is 0 Å². The number of hydrogen-bond acceptors (Lipinski definition) is 4. The summed E-state index contributed by atoms with van der Waals surface area (Å²) in [5.41, 5.74) is 2.56. The summed E-state index contributed by atoms with van der Waals surface area (Å²) in [4.78, 5) is 9.02. The van der Waals surface area contributed by atoms with Gasteiger partial charge in [0.25, 0.3) is 0 Å². The van der Waals surface area contributed by atoms with Gasteiger partial charge in [-0.05, 0) is 24.6 Å². The van der Waals surface area contributed by atoms with Crippen molar-refractivity contribution in [2.75, 3.05) is 0 Å². The van der Waals surface area contributed by atoms with Gasteiger partial charge in [-0.25, -0.2) is 4.98 Å². The molecule has 0 aliphatic rings. The van der Waals surface area contributed by atoms with E-state index in [0.717, 1.165) is 10.6 Å². The summed E-state index contributed by atoms with van der Waals surface area (Å²) >= 11 is 3.61. The Labute approximate surface area is 159 Å². The van der Waals surface area contributed by atoms with E-state index in [-0.39, 0.29) is 0 Å². The van der Waals surface area contributed by atoms with Crippen molar-refractivity contribution in [2.45, 2.75) is 6.92 Å². The van der Waals surface area contributed by atoms with Crippen molar-refractivity contribution in [3.63, 3.8) is 0 Å².